The summed E-state index contributed by atoms with van der Waals surface area (Å²) in [7, 11) is 0. The summed E-state index contributed by atoms with van der Waals surface area (Å²) in [5.74, 6) is 0.157. The predicted molar refractivity (Wildman–Crippen MR) is 68.0 cm³/mol. The van der Waals surface area contributed by atoms with Gasteiger partial charge >= 0.3 is 0 Å². The van der Waals surface area contributed by atoms with Gasteiger partial charge in [-0.1, -0.05) is 25.5 Å². The number of benzene rings is 1. The van der Waals surface area contributed by atoms with E-state index in [-0.39, 0.29) is 5.91 Å². The van der Waals surface area contributed by atoms with Gasteiger partial charge in [-0.05, 0) is 30.5 Å². The quantitative estimate of drug-likeness (QED) is 0.867. The third-order valence-corrected chi connectivity index (χ3v) is 3.30. The molecular formula is C14H19NO2. The number of aliphatic hydroxyl groups is 1. The number of rotatable bonds is 4. The minimum atomic E-state index is -0.406. The number of aliphatic hydroxyl groups excluding tert-OH is 1. The van der Waals surface area contributed by atoms with Crippen LogP contribution in [-0.2, 0) is 11.2 Å². The van der Waals surface area contributed by atoms with Crippen molar-refractivity contribution in [2.75, 3.05) is 11.4 Å². The number of anilines is 1. The van der Waals surface area contributed by atoms with Crippen LogP contribution in [0.4, 0.5) is 5.69 Å². The zero-order valence-electron chi connectivity index (χ0n) is 10.4. The lowest BCUT2D eigenvalue weighted by atomic mass is 10.0. The first kappa shape index (κ1) is 12.1. The van der Waals surface area contributed by atoms with E-state index >= 15 is 0 Å². The van der Waals surface area contributed by atoms with Crippen molar-refractivity contribution in [3.05, 3.63) is 29.3 Å². The molecule has 1 heterocycles. The van der Waals surface area contributed by atoms with Gasteiger partial charge in [0.15, 0.2) is 0 Å². The van der Waals surface area contributed by atoms with Gasteiger partial charge in [-0.15, -0.1) is 0 Å². The van der Waals surface area contributed by atoms with Crippen molar-refractivity contribution in [1.29, 1.82) is 0 Å². The van der Waals surface area contributed by atoms with Gasteiger partial charge < -0.3 is 10.0 Å². The average Bonchev–Trinajstić information content (AvgIpc) is 2.63. The second-order valence-corrected chi connectivity index (χ2v) is 4.51. The van der Waals surface area contributed by atoms with Gasteiger partial charge in [0.05, 0.1) is 12.5 Å². The summed E-state index contributed by atoms with van der Waals surface area (Å²) < 4.78 is 0. The molecule has 0 saturated carbocycles. The highest BCUT2D eigenvalue weighted by atomic mass is 16.3. The summed E-state index contributed by atoms with van der Waals surface area (Å²) in [5.41, 5.74) is 2.98. The van der Waals surface area contributed by atoms with Crippen molar-refractivity contribution in [2.24, 2.45) is 0 Å². The molecule has 0 aromatic heterocycles. The molecule has 3 heteroatoms. The molecular weight excluding hydrogens is 214 g/mol. The first-order valence-corrected chi connectivity index (χ1v) is 6.28. The van der Waals surface area contributed by atoms with Crippen LogP contribution in [-0.4, -0.2) is 17.6 Å². The number of carbonyl (C=O) groups excluding carboxylic acids is 1. The molecule has 0 spiro atoms. The molecule has 1 atom stereocenters. The van der Waals surface area contributed by atoms with Crippen LogP contribution in [0.1, 0.15) is 43.9 Å². The van der Waals surface area contributed by atoms with Crippen LogP contribution in [0.25, 0.3) is 0 Å². The highest BCUT2D eigenvalue weighted by molar-refractivity contribution is 6.01. The lowest BCUT2D eigenvalue weighted by Gasteiger charge is -2.16. The van der Waals surface area contributed by atoms with Gasteiger partial charge in [0.25, 0.3) is 0 Å². The van der Waals surface area contributed by atoms with Gasteiger partial charge in [-0.2, -0.15) is 0 Å². The minimum Gasteiger partial charge on any atom is -0.388 e. The van der Waals surface area contributed by atoms with E-state index in [0.29, 0.717) is 13.0 Å². The second-order valence-electron chi connectivity index (χ2n) is 4.51. The molecule has 1 aliphatic heterocycles. The molecule has 0 bridgehead atoms. The van der Waals surface area contributed by atoms with Crippen molar-refractivity contribution < 1.29 is 9.90 Å². The number of hydrogen-bond donors (Lipinski definition) is 1. The minimum absolute atomic E-state index is 0.157. The van der Waals surface area contributed by atoms with E-state index in [9.17, 15) is 9.90 Å². The lowest BCUT2D eigenvalue weighted by Crippen LogP contribution is -2.25. The van der Waals surface area contributed by atoms with E-state index in [0.717, 1.165) is 29.7 Å². The fraction of sp³-hybridized carbons (Fsp3) is 0.500. The molecule has 2 rings (SSSR count). The van der Waals surface area contributed by atoms with E-state index in [1.165, 1.54) is 0 Å². The van der Waals surface area contributed by atoms with E-state index in [1.807, 2.05) is 25.1 Å². The summed E-state index contributed by atoms with van der Waals surface area (Å²) in [5, 5.41) is 9.94. The molecule has 1 N–H and O–H groups in total. The van der Waals surface area contributed by atoms with Gasteiger partial charge in [0.2, 0.25) is 5.91 Å². The maximum Gasteiger partial charge on any atom is 0.231 e. The number of hydrogen-bond acceptors (Lipinski definition) is 2. The summed E-state index contributed by atoms with van der Waals surface area (Å²) in [6, 6.07) is 5.86. The first-order chi connectivity index (χ1) is 8.17. The van der Waals surface area contributed by atoms with E-state index in [1.54, 1.807) is 4.90 Å². The van der Waals surface area contributed by atoms with Gasteiger partial charge in [0.1, 0.15) is 0 Å². The third kappa shape index (κ3) is 2.20. The van der Waals surface area contributed by atoms with Gasteiger partial charge in [0, 0.05) is 12.2 Å². The second kappa shape index (κ2) is 4.88. The maximum absolute atomic E-state index is 11.7. The Labute approximate surface area is 102 Å². The van der Waals surface area contributed by atoms with Crippen LogP contribution in [0, 0.1) is 0 Å². The summed E-state index contributed by atoms with van der Waals surface area (Å²) >= 11 is 0. The smallest absolute Gasteiger partial charge is 0.231 e. The summed E-state index contributed by atoms with van der Waals surface area (Å²) in [6.45, 7) is 4.74. The van der Waals surface area contributed by atoms with Crippen LogP contribution in [0.3, 0.4) is 0 Å². The van der Waals surface area contributed by atoms with Gasteiger partial charge in [-0.3, -0.25) is 4.79 Å². The Kier molecular flexibility index (Phi) is 3.48. The van der Waals surface area contributed by atoms with Crippen LogP contribution < -0.4 is 4.90 Å². The van der Waals surface area contributed by atoms with Gasteiger partial charge in [-0.25, -0.2) is 0 Å². The molecule has 1 aromatic carbocycles. The lowest BCUT2D eigenvalue weighted by molar-refractivity contribution is -0.117. The normalized spacial score (nSPS) is 16.2. The van der Waals surface area contributed by atoms with Crippen molar-refractivity contribution in [1.82, 2.24) is 0 Å². The molecule has 92 valence electrons. The van der Waals surface area contributed by atoms with Crippen LogP contribution in [0.5, 0.6) is 0 Å². The molecule has 1 aliphatic rings. The number of carbonyl (C=O) groups is 1. The Morgan fingerprint density at radius 3 is 2.82 bits per heavy atom. The molecule has 0 saturated heterocycles. The van der Waals surface area contributed by atoms with Crippen molar-refractivity contribution in [3.63, 3.8) is 0 Å². The fourth-order valence-electron chi connectivity index (χ4n) is 2.40. The highest BCUT2D eigenvalue weighted by Crippen LogP contribution is 2.31. The Balaban J connectivity index is 2.28. The Hall–Kier alpha value is -1.35. The first-order valence-electron chi connectivity index (χ1n) is 6.28. The zero-order valence-corrected chi connectivity index (χ0v) is 10.4. The Morgan fingerprint density at radius 1 is 1.41 bits per heavy atom. The standard InChI is InChI=1S/C14H19NO2/c1-3-5-13(16)10-6-7-12-11(8-10)9-14(17)15(12)4-2/h6-8,13,16H,3-5,9H2,1-2H3. The van der Waals surface area contributed by atoms with Crippen molar-refractivity contribution in [3.8, 4) is 0 Å². The summed E-state index contributed by atoms with van der Waals surface area (Å²) in [6.07, 6.45) is 1.79. The van der Waals surface area contributed by atoms with Crippen LogP contribution in [0.15, 0.2) is 18.2 Å². The molecule has 17 heavy (non-hydrogen) atoms. The highest BCUT2D eigenvalue weighted by Gasteiger charge is 2.26. The number of fused-ring (bicyclic) bond motifs is 1. The van der Waals surface area contributed by atoms with Crippen LogP contribution in [0.2, 0.25) is 0 Å². The number of amides is 1. The molecule has 1 unspecified atom stereocenters. The topological polar surface area (TPSA) is 40.5 Å². The molecule has 3 nitrogen and oxygen atoms in total. The summed E-state index contributed by atoms with van der Waals surface area (Å²) in [4.78, 5) is 13.5. The molecule has 1 amide bonds. The Morgan fingerprint density at radius 2 is 2.18 bits per heavy atom. The van der Waals surface area contributed by atoms with E-state index in [4.69, 9.17) is 0 Å². The Bertz CT molecular complexity index is 428. The largest absolute Gasteiger partial charge is 0.388 e. The third-order valence-electron chi connectivity index (χ3n) is 3.30. The molecule has 1 aromatic rings. The number of nitrogens with zero attached hydrogens (tertiary/aromatic N) is 1. The monoisotopic (exact) mass is 233 g/mol. The van der Waals surface area contributed by atoms with Crippen molar-refractivity contribution >= 4 is 11.6 Å². The molecule has 0 fully saturated rings. The van der Waals surface area contributed by atoms with Crippen molar-refractivity contribution in [2.45, 2.75) is 39.2 Å². The molecule has 0 radical (unpaired) electrons. The predicted octanol–water partition coefficient (Wildman–Crippen LogP) is 2.43. The van der Waals surface area contributed by atoms with E-state index < -0.39 is 6.10 Å². The SMILES string of the molecule is CCCC(O)c1ccc2c(c1)CC(=O)N2CC. The fourth-order valence-corrected chi connectivity index (χ4v) is 2.40. The van der Waals surface area contributed by atoms with Crippen LogP contribution >= 0.6 is 0 Å². The maximum atomic E-state index is 11.7. The zero-order chi connectivity index (χ0) is 12.4. The average molecular weight is 233 g/mol. The molecule has 0 aliphatic carbocycles. The van der Waals surface area contributed by atoms with E-state index in [2.05, 4.69) is 6.92 Å². The number of likely N-dealkylation sites (N-methyl/N-ethyl adjacent to an activating group) is 1.